The third kappa shape index (κ3) is 5.70. The van der Waals surface area contributed by atoms with Crippen LogP contribution in [0.4, 0.5) is 21.9 Å². The lowest BCUT2D eigenvalue weighted by Crippen LogP contribution is -2.27. The van der Waals surface area contributed by atoms with Crippen molar-refractivity contribution in [1.29, 1.82) is 0 Å². The van der Waals surface area contributed by atoms with Crippen LogP contribution in [0.15, 0.2) is 42.5 Å². The van der Waals surface area contributed by atoms with Gasteiger partial charge < -0.3 is 14.8 Å². The van der Waals surface area contributed by atoms with Gasteiger partial charge in [-0.2, -0.15) is 0 Å². The molecule has 28 heavy (non-hydrogen) atoms. The number of methoxy groups -OCH3 is 1. The third-order valence-corrected chi connectivity index (χ3v) is 3.44. The largest absolute Gasteiger partial charge is 0.497 e. The van der Waals surface area contributed by atoms with E-state index in [9.17, 15) is 19.7 Å². The molecule has 0 spiro atoms. The Kier molecular flexibility index (Phi) is 6.19. The number of benzene rings is 2. The number of nitrogens with zero attached hydrogens (tertiary/aromatic N) is 1. The van der Waals surface area contributed by atoms with Gasteiger partial charge in [-0.1, -0.05) is 0 Å². The van der Waals surface area contributed by atoms with Gasteiger partial charge in [0.2, 0.25) is 0 Å². The van der Waals surface area contributed by atoms with Gasteiger partial charge in [0.25, 0.3) is 11.6 Å². The van der Waals surface area contributed by atoms with Crippen molar-refractivity contribution in [1.82, 2.24) is 0 Å². The van der Waals surface area contributed by atoms with Crippen LogP contribution in [0.1, 0.15) is 31.1 Å². The molecule has 148 valence electrons. The number of hydrogen-bond acceptors (Lipinski definition) is 6. The molecule has 0 saturated carbocycles. The van der Waals surface area contributed by atoms with Crippen LogP contribution in [0.5, 0.6) is 5.75 Å². The molecule has 0 unspecified atom stereocenters. The van der Waals surface area contributed by atoms with Crippen molar-refractivity contribution in [3.05, 3.63) is 58.1 Å². The quantitative estimate of drug-likeness (QED) is 0.586. The summed E-state index contributed by atoms with van der Waals surface area (Å²) in [6.45, 7) is 5.13. The van der Waals surface area contributed by atoms with Crippen molar-refractivity contribution >= 4 is 29.1 Å². The molecule has 0 atom stereocenters. The van der Waals surface area contributed by atoms with Gasteiger partial charge in [0, 0.05) is 17.3 Å². The molecule has 2 N–H and O–H groups in total. The number of nitro groups is 1. The van der Waals surface area contributed by atoms with Crippen molar-refractivity contribution in [2.45, 2.75) is 26.4 Å². The molecule has 0 radical (unpaired) electrons. The summed E-state index contributed by atoms with van der Waals surface area (Å²) >= 11 is 0. The van der Waals surface area contributed by atoms with E-state index >= 15 is 0 Å². The Morgan fingerprint density at radius 3 is 2.21 bits per heavy atom. The van der Waals surface area contributed by atoms with Crippen LogP contribution in [-0.4, -0.2) is 29.6 Å². The van der Waals surface area contributed by atoms with Crippen LogP contribution >= 0.6 is 0 Å². The number of carbonyl (C=O) groups excluding carboxylic acids is 2. The van der Waals surface area contributed by atoms with Gasteiger partial charge in [0.15, 0.2) is 0 Å². The van der Waals surface area contributed by atoms with Gasteiger partial charge in [-0.3, -0.25) is 20.2 Å². The summed E-state index contributed by atoms with van der Waals surface area (Å²) < 4.78 is 10.2. The summed E-state index contributed by atoms with van der Waals surface area (Å²) in [4.78, 5) is 35.0. The maximum absolute atomic E-state index is 12.4. The minimum Gasteiger partial charge on any atom is -0.497 e. The van der Waals surface area contributed by atoms with Crippen LogP contribution in [-0.2, 0) is 4.74 Å². The Bertz CT molecular complexity index is 888. The topological polar surface area (TPSA) is 120 Å². The molecular weight excluding hydrogens is 366 g/mol. The Morgan fingerprint density at radius 1 is 1.04 bits per heavy atom. The van der Waals surface area contributed by atoms with E-state index in [1.807, 2.05) is 0 Å². The van der Waals surface area contributed by atoms with E-state index in [2.05, 4.69) is 10.6 Å². The molecule has 0 fully saturated rings. The van der Waals surface area contributed by atoms with Crippen LogP contribution in [0.2, 0.25) is 0 Å². The highest BCUT2D eigenvalue weighted by molar-refractivity contribution is 6.06. The molecule has 2 aromatic carbocycles. The number of carbonyl (C=O) groups is 2. The zero-order chi connectivity index (χ0) is 20.9. The highest BCUT2D eigenvalue weighted by atomic mass is 16.6. The van der Waals surface area contributed by atoms with Crippen molar-refractivity contribution in [2.24, 2.45) is 0 Å². The minimum absolute atomic E-state index is 0.0561. The molecule has 2 rings (SSSR count). The second-order valence-electron chi connectivity index (χ2n) is 6.80. The first-order chi connectivity index (χ1) is 13.1. The van der Waals surface area contributed by atoms with Gasteiger partial charge in [-0.15, -0.1) is 0 Å². The van der Waals surface area contributed by atoms with Gasteiger partial charge in [0.05, 0.1) is 12.0 Å². The normalized spacial score (nSPS) is 10.7. The highest BCUT2D eigenvalue weighted by Crippen LogP contribution is 2.28. The first kappa shape index (κ1) is 20.7. The minimum atomic E-state index is -0.714. The lowest BCUT2D eigenvalue weighted by atomic mass is 10.2. The maximum atomic E-state index is 12.4. The Labute approximate surface area is 161 Å². The first-order valence-corrected chi connectivity index (χ1v) is 8.33. The van der Waals surface area contributed by atoms with E-state index in [1.54, 1.807) is 32.9 Å². The highest BCUT2D eigenvalue weighted by Gasteiger charge is 2.20. The summed E-state index contributed by atoms with van der Waals surface area (Å²) in [6.07, 6.45) is -0.714. The fourth-order valence-corrected chi connectivity index (χ4v) is 2.23. The molecule has 9 heteroatoms. The maximum Gasteiger partial charge on any atom is 0.412 e. The lowest BCUT2D eigenvalue weighted by molar-refractivity contribution is -0.383. The molecule has 0 heterocycles. The predicted molar refractivity (Wildman–Crippen MR) is 104 cm³/mol. The van der Waals surface area contributed by atoms with E-state index in [4.69, 9.17) is 9.47 Å². The van der Waals surface area contributed by atoms with E-state index in [0.29, 0.717) is 11.3 Å². The lowest BCUT2D eigenvalue weighted by Gasteiger charge is -2.19. The van der Waals surface area contributed by atoms with Crippen LogP contribution in [0.3, 0.4) is 0 Å². The molecule has 0 aromatic heterocycles. The Hall–Kier alpha value is -3.62. The van der Waals surface area contributed by atoms with Crippen molar-refractivity contribution in [2.75, 3.05) is 17.7 Å². The summed E-state index contributed by atoms with van der Waals surface area (Å²) in [5.41, 5.74) is -0.530. The van der Waals surface area contributed by atoms with Gasteiger partial charge in [0.1, 0.15) is 17.0 Å². The number of ether oxygens (including phenoxy) is 2. The molecule has 0 saturated heterocycles. The Morgan fingerprint density at radius 2 is 1.68 bits per heavy atom. The summed E-state index contributed by atoms with van der Waals surface area (Å²) in [5.74, 6) is 0.0336. The van der Waals surface area contributed by atoms with Crippen LogP contribution < -0.4 is 15.4 Å². The number of nitro benzene ring substituents is 1. The second kappa shape index (κ2) is 8.38. The molecule has 0 aliphatic heterocycles. The summed E-state index contributed by atoms with van der Waals surface area (Å²) in [7, 11) is 1.50. The fourth-order valence-electron chi connectivity index (χ4n) is 2.23. The zero-order valence-corrected chi connectivity index (χ0v) is 15.9. The van der Waals surface area contributed by atoms with Gasteiger partial charge in [-0.05, 0) is 57.2 Å². The Balaban J connectivity index is 2.23. The van der Waals surface area contributed by atoms with E-state index < -0.39 is 22.5 Å². The standard InChI is InChI=1S/C19H21N3O6/c1-19(2,3)28-18(24)20-13-7-10-16(22(25)26)15(11-13)21-17(23)12-5-8-14(27-4)9-6-12/h5-11H,1-4H3,(H,20,24)(H,21,23). The zero-order valence-electron chi connectivity index (χ0n) is 15.9. The third-order valence-electron chi connectivity index (χ3n) is 3.44. The van der Waals surface area contributed by atoms with Gasteiger partial charge in [-0.25, -0.2) is 4.79 Å². The monoisotopic (exact) mass is 387 g/mol. The fraction of sp³-hybridized carbons (Fsp3) is 0.263. The van der Waals surface area contributed by atoms with Crippen molar-refractivity contribution in [3.63, 3.8) is 0 Å². The number of hydrogen-bond donors (Lipinski definition) is 2. The van der Waals surface area contributed by atoms with E-state index in [1.165, 1.54) is 37.4 Å². The van der Waals surface area contributed by atoms with Crippen molar-refractivity contribution in [3.8, 4) is 5.75 Å². The number of anilines is 2. The SMILES string of the molecule is COc1ccc(C(=O)Nc2cc(NC(=O)OC(C)(C)C)ccc2[N+](=O)[O-])cc1. The first-order valence-electron chi connectivity index (χ1n) is 8.33. The average molecular weight is 387 g/mol. The molecule has 0 aliphatic rings. The predicted octanol–water partition coefficient (Wildman–Crippen LogP) is 4.20. The van der Waals surface area contributed by atoms with Crippen LogP contribution in [0.25, 0.3) is 0 Å². The second-order valence-corrected chi connectivity index (χ2v) is 6.80. The number of rotatable bonds is 5. The van der Waals surface area contributed by atoms with Gasteiger partial charge >= 0.3 is 6.09 Å². The molecule has 2 aromatic rings. The molecule has 9 nitrogen and oxygen atoms in total. The summed E-state index contributed by atoms with van der Waals surface area (Å²) in [5, 5.41) is 16.2. The number of nitrogens with one attached hydrogen (secondary N) is 2. The molecular formula is C19H21N3O6. The summed E-state index contributed by atoms with van der Waals surface area (Å²) in [6, 6.07) is 10.1. The molecule has 2 amide bonds. The molecule has 0 aliphatic carbocycles. The molecule has 0 bridgehead atoms. The smallest absolute Gasteiger partial charge is 0.412 e. The van der Waals surface area contributed by atoms with E-state index in [-0.39, 0.29) is 17.1 Å². The van der Waals surface area contributed by atoms with E-state index in [0.717, 1.165) is 0 Å². The van der Waals surface area contributed by atoms with Crippen molar-refractivity contribution < 1.29 is 24.0 Å². The van der Waals surface area contributed by atoms with Crippen LogP contribution in [0, 0.1) is 10.1 Å². The number of amides is 2. The average Bonchev–Trinajstić information content (AvgIpc) is 2.60.